The number of rotatable bonds is 2. The van der Waals surface area contributed by atoms with Gasteiger partial charge in [0.2, 0.25) is 5.95 Å². The summed E-state index contributed by atoms with van der Waals surface area (Å²) in [7, 11) is 0. The zero-order valence-corrected chi connectivity index (χ0v) is 14.0. The second kappa shape index (κ2) is 6.05. The molecule has 0 bridgehead atoms. The summed E-state index contributed by atoms with van der Waals surface area (Å²) >= 11 is 0. The van der Waals surface area contributed by atoms with E-state index in [0.29, 0.717) is 24.9 Å². The molecule has 1 amide bonds. The number of carbonyl (C=O) groups is 1. The smallest absolute Gasteiger partial charge is 0.270 e. The van der Waals surface area contributed by atoms with Crippen molar-refractivity contribution >= 4 is 11.9 Å². The van der Waals surface area contributed by atoms with Gasteiger partial charge in [-0.1, -0.05) is 0 Å². The summed E-state index contributed by atoms with van der Waals surface area (Å²) in [5.41, 5.74) is 0.0928. The Morgan fingerprint density at radius 1 is 1.26 bits per heavy atom. The number of piperidine rings is 1. The molecule has 0 atom stereocenters. The Balaban J connectivity index is 1.67. The second-order valence-corrected chi connectivity index (χ2v) is 7.04. The van der Waals surface area contributed by atoms with Crippen molar-refractivity contribution in [1.29, 1.82) is 0 Å². The molecule has 0 radical (unpaired) electrons. The van der Waals surface area contributed by atoms with E-state index >= 15 is 0 Å². The number of aromatic nitrogens is 2. The predicted octanol–water partition coefficient (Wildman–Crippen LogP) is 1.35. The van der Waals surface area contributed by atoms with E-state index in [-0.39, 0.29) is 11.4 Å². The number of anilines is 1. The van der Waals surface area contributed by atoms with E-state index in [4.69, 9.17) is 9.47 Å². The molecule has 1 spiro atoms. The maximum atomic E-state index is 12.2. The van der Waals surface area contributed by atoms with E-state index in [1.54, 1.807) is 12.3 Å². The van der Waals surface area contributed by atoms with Gasteiger partial charge in [0, 0.05) is 37.7 Å². The highest BCUT2D eigenvalue weighted by Gasteiger charge is 2.40. The number of nitrogens with one attached hydrogen (secondary N) is 1. The minimum Gasteiger partial charge on any atom is -0.347 e. The molecule has 0 saturated carbocycles. The summed E-state index contributed by atoms with van der Waals surface area (Å²) in [4.78, 5) is 23.0. The van der Waals surface area contributed by atoms with Crippen LogP contribution in [-0.4, -0.2) is 53.5 Å². The maximum Gasteiger partial charge on any atom is 0.270 e. The quantitative estimate of drug-likeness (QED) is 0.886. The maximum absolute atomic E-state index is 12.2. The molecule has 7 heteroatoms. The molecule has 1 aromatic rings. The molecule has 1 aromatic heterocycles. The van der Waals surface area contributed by atoms with E-state index in [2.05, 4.69) is 20.2 Å². The third-order valence-corrected chi connectivity index (χ3v) is 3.99. The van der Waals surface area contributed by atoms with Crippen molar-refractivity contribution in [2.24, 2.45) is 0 Å². The van der Waals surface area contributed by atoms with E-state index in [1.807, 2.05) is 20.8 Å². The van der Waals surface area contributed by atoms with Crippen molar-refractivity contribution in [3.63, 3.8) is 0 Å². The highest BCUT2D eigenvalue weighted by atomic mass is 16.7. The van der Waals surface area contributed by atoms with Crippen LogP contribution in [0.25, 0.3) is 0 Å². The normalized spacial score (nSPS) is 20.7. The Bertz CT molecular complexity index is 569. The third-order valence-electron chi connectivity index (χ3n) is 3.99. The Kier molecular flexibility index (Phi) is 4.25. The summed E-state index contributed by atoms with van der Waals surface area (Å²) in [6, 6.07) is 1.64. The zero-order chi connectivity index (χ0) is 16.5. The molecule has 2 fully saturated rings. The lowest BCUT2D eigenvalue weighted by molar-refractivity contribution is -0.169. The third kappa shape index (κ3) is 3.79. The standard InChI is InChI=1S/C16H24N4O3/c1-15(2,3)19-13(21)12-4-7-17-14(18-12)20-8-5-16(6-9-20)22-10-11-23-16/h4,7H,5-6,8-11H2,1-3H3,(H,19,21). The summed E-state index contributed by atoms with van der Waals surface area (Å²) in [6.45, 7) is 8.67. The highest BCUT2D eigenvalue weighted by Crippen LogP contribution is 2.32. The molecule has 2 aliphatic heterocycles. The fourth-order valence-electron chi connectivity index (χ4n) is 2.86. The zero-order valence-electron chi connectivity index (χ0n) is 14.0. The Morgan fingerprint density at radius 2 is 1.91 bits per heavy atom. The van der Waals surface area contributed by atoms with Gasteiger partial charge in [0.1, 0.15) is 5.69 Å². The predicted molar refractivity (Wildman–Crippen MR) is 85.3 cm³/mol. The van der Waals surface area contributed by atoms with Crippen LogP contribution in [0.15, 0.2) is 12.3 Å². The van der Waals surface area contributed by atoms with Gasteiger partial charge in [-0.25, -0.2) is 9.97 Å². The van der Waals surface area contributed by atoms with Gasteiger partial charge < -0.3 is 19.7 Å². The van der Waals surface area contributed by atoms with Crippen LogP contribution in [0.3, 0.4) is 0 Å². The molecule has 2 aliphatic rings. The average Bonchev–Trinajstić information content (AvgIpc) is 2.95. The Morgan fingerprint density at radius 3 is 2.52 bits per heavy atom. The van der Waals surface area contributed by atoms with Crippen LogP contribution < -0.4 is 10.2 Å². The first-order valence-electron chi connectivity index (χ1n) is 8.05. The molecule has 1 N–H and O–H groups in total. The van der Waals surface area contributed by atoms with Gasteiger partial charge >= 0.3 is 0 Å². The molecule has 23 heavy (non-hydrogen) atoms. The summed E-state index contributed by atoms with van der Waals surface area (Å²) in [5.74, 6) is -0.0194. The van der Waals surface area contributed by atoms with E-state index in [1.165, 1.54) is 0 Å². The van der Waals surface area contributed by atoms with Gasteiger partial charge in [-0.15, -0.1) is 0 Å². The van der Waals surface area contributed by atoms with Crippen LogP contribution in [0.4, 0.5) is 5.95 Å². The molecule has 2 saturated heterocycles. The van der Waals surface area contributed by atoms with Gasteiger partial charge in [-0.05, 0) is 26.8 Å². The number of amides is 1. The van der Waals surface area contributed by atoms with Crippen LogP contribution in [0.2, 0.25) is 0 Å². The first kappa shape index (κ1) is 16.1. The molecule has 0 unspecified atom stereocenters. The van der Waals surface area contributed by atoms with Crippen molar-refractivity contribution in [2.75, 3.05) is 31.2 Å². The largest absolute Gasteiger partial charge is 0.347 e. The molecule has 7 nitrogen and oxygen atoms in total. The lowest BCUT2D eigenvalue weighted by atomic mass is 10.0. The van der Waals surface area contributed by atoms with Gasteiger partial charge in [0.15, 0.2) is 5.79 Å². The minimum absolute atomic E-state index is 0.183. The van der Waals surface area contributed by atoms with Gasteiger partial charge in [-0.2, -0.15) is 0 Å². The van der Waals surface area contributed by atoms with E-state index in [0.717, 1.165) is 25.9 Å². The molecule has 3 rings (SSSR count). The van der Waals surface area contributed by atoms with Crippen LogP contribution in [0.1, 0.15) is 44.1 Å². The van der Waals surface area contributed by atoms with Gasteiger partial charge in [0.05, 0.1) is 13.2 Å². The topological polar surface area (TPSA) is 76.6 Å². The number of ether oxygens (including phenoxy) is 2. The molecular formula is C16H24N4O3. The molecule has 0 aliphatic carbocycles. The summed E-state index contributed by atoms with van der Waals surface area (Å²) in [6.07, 6.45) is 3.20. The van der Waals surface area contributed by atoms with E-state index in [9.17, 15) is 4.79 Å². The highest BCUT2D eigenvalue weighted by molar-refractivity contribution is 5.92. The minimum atomic E-state index is -0.419. The van der Waals surface area contributed by atoms with E-state index < -0.39 is 5.79 Å². The van der Waals surface area contributed by atoms with Crippen LogP contribution >= 0.6 is 0 Å². The lowest BCUT2D eigenvalue weighted by Crippen LogP contribution is -2.46. The fraction of sp³-hybridized carbons (Fsp3) is 0.688. The van der Waals surface area contributed by atoms with Crippen LogP contribution in [0, 0.1) is 0 Å². The first-order valence-corrected chi connectivity index (χ1v) is 8.05. The van der Waals surface area contributed by atoms with Gasteiger partial charge in [0.25, 0.3) is 5.91 Å². The van der Waals surface area contributed by atoms with Crippen molar-refractivity contribution < 1.29 is 14.3 Å². The van der Waals surface area contributed by atoms with Crippen molar-refractivity contribution in [3.8, 4) is 0 Å². The lowest BCUT2D eigenvalue weighted by Gasteiger charge is -2.37. The number of hydrogen-bond donors (Lipinski definition) is 1. The van der Waals surface area contributed by atoms with Crippen LogP contribution in [-0.2, 0) is 9.47 Å². The van der Waals surface area contributed by atoms with Gasteiger partial charge in [-0.3, -0.25) is 4.79 Å². The molecular weight excluding hydrogens is 296 g/mol. The first-order chi connectivity index (χ1) is 10.9. The van der Waals surface area contributed by atoms with Crippen molar-refractivity contribution in [3.05, 3.63) is 18.0 Å². The molecule has 126 valence electrons. The Hall–Kier alpha value is -1.73. The SMILES string of the molecule is CC(C)(C)NC(=O)c1ccnc(N2CCC3(CC2)OCCO3)n1. The number of hydrogen-bond acceptors (Lipinski definition) is 6. The number of carbonyl (C=O) groups excluding carboxylic acids is 1. The molecule has 0 aromatic carbocycles. The monoisotopic (exact) mass is 320 g/mol. The Labute approximate surface area is 136 Å². The summed E-state index contributed by atoms with van der Waals surface area (Å²) < 4.78 is 11.5. The summed E-state index contributed by atoms with van der Waals surface area (Å²) in [5, 5.41) is 2.92. The van der Waals surface area contributed by atoms with Crippen molar-refractivity contribution in [2.45, 2.75) is 44.9 Å². The second-order valence-electron chi connectivity index (χ2n) is 7.04. The fourth-order valence-corrected chi connectivity index (χ4v) is 2.86. The van der Waals surface area contributed by atoms with Crippen LogP contribution in [0.5, 0.6) is 0 Å². The average molecular weight is 320 g/mol. The van der Waals surface area contributed by atoms with Crippen molar-refractivity contribution in [1.82, 2.24) is 15.3 Å². The number of nitrogens with zero attached hydrogens (tertiary/aromatic N) is 3. The molecule has 3 heterocycles.